The van der Waals surface area contributed by atoms with Gasteiger partial charge in [0.1, 0.15) is 6.26 Å². The quantitative estimate of drug-likeness (QED) is 0.287. The van der Waals surface area contributed by atoms with Crippen LogP contribution in [0.15, 0.2) is 12.3 Å². The molecular formula is C9H11NO5. The van der Waals surface area contributed by atoms with Crippen LogP contribution in [0, 0.1) is 0 Å². The molecule has 0 bridgehead atoms. The fraction of sp³-hybridized carbons (Fsp3) is 0.444. The predicted octanol–water partition coefficient (Wildman–Crippen LogP) is 0.144. The highest BCUT2D eigenvalue weighted by Crippen LogP contribution is 2.11. The van der Waals surface area contributed by atoms with E-state index in [1.807, 2.05) is 0 Å². The zero-order valence-electron chi connectivity index (χ0n) is 8.26. The molecule has 6 heteroatoms. The van der Waals surface area contributed by atoms with Crippen LogP contribution < -0.4 is 0 Å². The predicted molar refractivity (Wildman–Crippen MR) is 47.9 cm³/mol. The molecule has 1 saturated heterocycles. The number of amides is 2. The number of hydrogen-bond donors (Lipinski definition) is 0. The van der Waals surface area contributed by atoms with E-state index in [1.165, 1.54) is 0 Å². The van der Waals surface area contributed by atoms with Crippen molar-refractivity contribution < 1.29 is 24.0 Å². The highest BCUT2D eigenvalue weighted by atomic mass is 16.7. The van der Waals surface area contributed by atoms with Gasteiger partial charge in [-0.05, 0) is 6.92 Å². The fourth-order valence-electron chi connectivity index (χ4n) is 1.01. The molecule has 1 aliphatic heterocycles. The monoisotopic (exact) mass is 213 g/mol. The Hall–Kier alpha value is -1.85. The summed E-state index contributed by atoms with van der Waals surface area (Å²) in [5.74, 6) is -1.40. The van der Waals surface area contributed by atoms with Gasteiger partial charge in [-0.15, -0.1) is 5.06 Å². The molecule has 0 aromatic heterocycles. The minimum Gasteiger partial charge on any atom is -0.463 e. The lowest BCUT2D eigenvalue weighted by Gasteiger charge is -2.09. The van der Waals surface area contributed by atoms with Crippen LogP contribution in [0.3, 0.4) is 0 Å². The standard InChI is InChI=1S/C9H11NO5/c1-2-14-9(13)5-6-15-10-7(11)3-4-8(10)12/h5-6H,2-4H2,1H3/b6-5-. The van der Waals surface area contributed by atoms with Gasteiger partial charge in [-0.1, -0.05) is 0 Å². The Labute approximate surface area is 86.4 Å². The van der Waals surface area contributed by atoms with Crippen molar-refractivity contribution in [2.75, 3.05) is 6.61 Å². The van der Waals surface area contributed by atoms with Crippen molar-refractivity contribution in [3.8, 4) is 0 Å². The average Bonchev–Trinajstić information content (AvgIpc) is 2.49. The summed E-state index contributed by atoms with van der Waals surface area (Å²) in [7, 11) is 0. The molecule has 82 valence electrons. The second kappa shape index (κ2) is 5.14. The van der Waals surface area contributed by atoms with Gasteiger partial charge in [-0.25, -0.2) is 4.79 Å². The summed E-state index contributed by atoms with van der Waals surface area (Å²) in [6, 6.07) is 0. The molecule has 1 heterocycles. The number of carbonyl (C=O) groups excluding carboxylic acids is 3. The van der Waals surface area contributed by atoms with E-state index in [2.05, 4.69) is 4.74 Å². The maximum absolute atomic E-state index is 11.0. The van der Waals surface area contributed by atoms with Crippen LogP contribution in [-0.4, -0.2) is 29.5 Å². The molecule has 1 rings (SSSR count). The van der Waals surface area contributed by atoms with Gasteiger partial charge in [0.15, 0.2) is 0 Å². The number of hydroxylamine groups is 2. The molecule has 0 atom stereocenters. The molecule has 2 amide bonds. The van der Waals surface area contributed by atoms with Crippen LogP contribution in [0.25, 0.3) is 0 Å². The first kappa shape index (κ1) is 11.2. The van der Waals surface area contributed by atoms with E-state index in [9.17, 15) is 14.4 Å². The number of hydrogen-bond acceptors (Lipinski definition) is 5. The molecular weight excluding hydrogens is 202 g/mol. The van der Waals surface area contributed by atoms with Crippen LogP contribution in [0.2, 0.25) is 0 Å². The number of carbonyl (C=O) groups is 3. The minimum absolute atomic E-state index is 0.145. The molecule has 0 spiro atoms. The highest BCUT2D eigenvalue weighted by molar-refractivity contribution is 6.00. The van der Waals surface area contributed by atoms with Gasteiger partial charge in [-0.3, -0.25) is 9.59 Å². The van der Waals surface area contributed by atoms with Crippen LogP contribution in [0.5, 0.6) is 0 Å². The Morgan fingerprint density at radius 1 is 1.40 bits per heavy atom. The summed E-state index contributed by atoms with van der Waals surface area (Å²) >= 11 is 0. The zero-order valence-corrected chi connectivity index (χ0v) is 8.26. The Morgan fingerprint density at radius 3 is 2.53 bits per heavy atom. The summed E-state index contributed by atoms with van der Waals surface area (Å²) < 4.78 is 4.57. The number of esters is 1. The Morgan fingerprint density at radius 2 is 2.00 bits per heavy atom. The van der Waals surface area contributed by atoms with Crippen molar-refractivity contribution in [1.29, 1.82) is 0 Å². The highest BCUT2D eigenvalue weighted by Gasteiger charge is 2.30. The SMILES string of the molecule is CCOC(=O)/C=C\ON1C(=O)CCC1=O. The molecule has 0 aromatic rings. The fourth-order valence-corrected chi connectivity index (χ4v) is 1.01. The van der Waals surface area contributed by atoms with E-state index in [4.69, 9.17) is 4.84 Å². The number of rotatable bonds is 4. The van der Waals surface area contributed by atoms with Crippen molar-refractivity contribution in [3.63, 3.8) is 0 Å². The molecule has 0 aliphatic carbocycles. The molecule has 1 fully saturated rings. The topological polar surface area (TPSA) is 72.9 Å². The molecule has 6 nitrogen and oxygen atoms in total. The van der Waals surface area contributed by atoms with E-state index >= 15 is 0 Å². The Kier molecular flexibility index (Phi) is 3.84. The van der Waals surface area contributed by atoms with E-state index < -0.39 is 17.8 Å². The molecule has 0 radical (unpaired) electrons. The van der Waals surface area contributed by atoms with Crippen LogP contribution in [-0.2, 0) is 24.0 Å². The lowest BCUT2D eigenvalue weighted by Crippen LogP contribution is -2.27. The third kappa shape index (κ3) is 3.08. The van der Waals surface area contributed by atoms with Crippen molar-refractivity contribution in [1.82, 2.24) is 5.06 Å². The molecule has 0 saturated carbocycles. The van der Waals surface area contributed by atoms with Crippen LogP contribution >= 0.6 is 0 Å². The third-order valence-corrected chi connectivity index (χ3v) is 1.66. The van der Waals surface area contributed by atoms with Crippen LogP contribution in [0.1, 0.15) is 19.8 Å². The van der Waals surface area contributed by atoms with Gasteiger partial charge in [0.05, 0.1) is 12.7 Å². The van der Waals surface area contributed by atoms with Gasteiger partial charge < -0.3 is 9.57 Å². The van der Waals surface area contributed by atoms with Gasteiger partial charge >= 0.3 is 5.97 Å². The number of nitrogens with zero attached hydrogens (tertiary/aromatic N) is 1. The van der Waals surface area contributed by atoms with Gasteiger partial charge in [-0.2, -0.15) is 0 Å². The molecule has 15 heavy (non-hydrogen) atoms. The van der Waals surface area contributed by atoms with Crippen molar-refractivity contribution in [2.45, 2.75) is 19.8 Å². The lowest BCUT2D eigenvalue weighted by molar-refractivity contribution is -0.173. The Bertz CT molecular complexity index is 294. The Balaban J connectivity index is 2.39. The van der Waals surface area contributed by atoms with Gasteiger partial charge in [0.2, 0.25) is 0 Å². The van der Waals surface area contributed by atoms with Gasteiger partial charge in [0, 0.05) is 12.8 Å². The summed E-state index contributed by atoms with van der Waals surface area (Å²) in [5.41, 5.74) is 0. The minimum atomic E-state index is -0.586. The van der Waals surface area contributed by atoms with E-state index in [0.29, 0.717) is 5.06 Å². The summed E-state index contributed by atoms with van der Waals surface area (Å²) in [6.45, 7) is 1.92. The summed E-state index contributed by atoms with van der Waals surface area (Å²) in [5, 5.41) is 0.635. The van der Waals surface area contributed by atoms with Crippen LogP contribution in [0.4, 0.5) is 0 Å². The summed E-state index contributed by atoms with van der Waals surface area (Å²) in [6.07, 6.45) is 2.25. The second-order valence-electron chi connectivity index (χ2n) is 2.74. The average molecular weight is 213 g/mol. The largest absolute Gasteiger partial charge is 0.463 e. The maximum Gasteiger partial charge on any atom is 0.333 e. The summed E-state index contributed by atoms with van der Waals surface area (Å²) in [4.78, 5) is 37.5. The lowest BCUT2D eigenvalue weighted by atomic mass is 10.4. The molecule has 0 aromatic carbocycles. The molecule has 0 N–H and O–H groups in total. The first-order chi connectivity index (χ1) is 7.15. The normalized spacial score (nSPS) is 16.2. The van der Waals surface area contributed by atoms with Crippen molar-refractivity contribution in [3.05, 3.63) is 12.3 Å². The van der Waals surface area contributed by atoms with Crippen molar-refractivity contribution >= 4 is 17.8 Å². The van der Waals surface area contributed by atoms with E-state index in [1.54, 1.807) is 6.92 Å². The first-order valence-corrected chi connectivity index (χ1v) is 4.51. The zero-order chi connectivity index (χ0) is 11.3. The van der Waals surface area contributed by atoms with E-state index in [0.717, 1.165) is 12.3 Å². The first-order valence-electron chi connectivity index (χ1n) is 4.51. The third-order valence-electron chi connectivity index (χ3n) is 1.66. The maximum atomic E-state index is 11.0. The van der Waals surface area contributed by atoms with Gasteiger partial charge in [0.25, 0.3) is 11.8 Å². The number of ether oxygens (including phenoxy) is 1. The number of imide groups is 1. The molecule has 1 aliphatic rings. The smallest absolute Gasteiger partial charge is 0.333 e. The van der Waals surface area contributed by atoms with E-state index in [-0.39, 0.29) is 19.4 Å². The van der Waals surface area contributed by atoms with Crippen molar-refractivity contribution in [2.24, 2.45) is 0 Å². The molecule has 0 unspecified atom stereocenters. The second-order valence-corrected chi connectivity index (χ2v) is 2.74.